The molecule has 0 radical (unpaired) electrons. The molecule has 2 aromatic rings. The first-order valence-corrected chi connectivity index (χ1v) is 10.5. The molecular weight excluding hydrogens is 354 g/mol. The van der Waals surface area contributed by atoms with Crippen molar-refractivity contribution in [2.24, 2.45) is 5.92 Å². The van der Waals surface area contributed by atoms with Crippen LogP contribution < -0.4 is 10.6 Å². The summed E-state index contributed by atoms with van der Waals surface area (Å²) >= 11 is 0. The van der Waals surface area contributed by atoms with Crippen LogP contribution in [0.5, 0.6) is 0 Å². The molecule has 28 heavy (non-hydrogen) atoms. The number of rotatable bonds is 9. The lowest BCUT2D eigenvalue weighted by molar-refractivity contribution is 0.0948. The van der Waals surface area contributed by atoms with Gasteiger partial charge in [-0.25, -0.2) is 14.6 Å². The molecule has 0 unspecified atom stereocenters. The minimum atomic E-state index is -0.155. The van der Waals surface area contributed by atoms with E-state index in [1.165, 1.54) is 19.3 Å². The van der Waals surface area contributed by atoms with E-state index in [4.69, 9.17) is 4.98 Å². The van der Waals surface area contributed by atoms with E-state index >= 15 is 0 Å². The van der Waals surface area contributed by atoms with Crippen LogP contribution in [0, 0.1) is 5.92 Å². The van der Waals surface area contributed by atoms with Crippen LogP contribution in [0.25, 0.3) is 0 Å². The van der Waals surface area contributed by atoms with Crippen molar-refractivity contribution in [1.29, 1.82) is 0 Å². The lowest BCUT2D eigenvalue weighted by Gasteiger charge is -2.22. The summed E-state index contributed by atoms with van der Waals surface area (Å²) in [7, 11) is 0. The number of carbonyl (C=O) groups is 1. The Hall–Kier alpha value is -2.35. The van der Waals surface area contributed by atoms with Gasteiger partial charge >= 0.3 is 0 Å². The fourth-order valence-electron chi connectivity index (χ4n) is 3.66. The van der Waals surface area contributed by atoms with Gasteiger partial charge in [-0.3, -0.25) is 4.79 Å². The van der Waals surface area contributed by atoms with Gasteiger partial charge in [0.25, 0.3) is 5.91 Å². The Kier molecular flexibility index (Phi) is 6.26. The van der Waals surface area contributed by atoms with Gasteiger partial charge in [0, 0.05) is 24.9 Å². The van der Waals surface area contributed by atoms with Gasteiger partial charge in [0.05, 0.1) is 12.2 Å². The molecule has 3 heterocycles. The standard InChI is InChI=1S/C20H29N7O/c28-20(18-14-27(26-25-18)17-4-5-17)23-10-1-2-16-9-13-22-19(24-16)6-3-15-7-11-21-12-8-15/h9,13-15,17,21H,1-8,10-12H2,(H,23,28). The Morgan fingerprint density at radius 3 is 2.89 bits per heavy atom. The molecule has 1 saturated carbocycles. The number of aryl methyl sites for hydroxylation is 2. The highest BCUT2D eigenvalue weighted by Gasteiger charge is 2.25. The van der Waals surface area contributed by atoms with Crippen LogP contribution >= 0.6 is 0 Å². The summed E-state index contributed by atoms with van der Waals surface area (Å²) in [4.78, 5) is 21.3. The number of aromatic nitrogens is 5. The number of hydrogen-bond donors (Lipinski definition) is 2. The largest absolute Gasteiger partial charge is 0.351 e. The first kappa shape index (κ1) is 19.0. The summed E-state index contributed by atoms with van der Waals surface area (Å²) in [6.07, 6.45) is 12.2. The Bertz CT molecular complexity index is 780. The lowest BCUT2D eigenvalue weighted by atomic mass is 9.93. The van der Waals surface area contributed by atoms with E-state index in [-0.39, 0.29) is 5.91 Å². The van der Waals surface area contributed by atoms with Crippen LogP contribution in [0.15, 0.2) is 18.5 Å². The number of hydrogen-bond acceptors (Lipinski definition) is 6. The number of amides is 1. The van der Waals surface area contributed by atoms with Gasteiger partial charge in [0.15, 0.2) is 5.69 Å². The molecule has 0 aromatic carbocycles. The minimum Gasteiger partial charge on any atom is -0.351 e. The van der Waals surface area contributed by atoms with Crippen molar-refractivity contribution in [2.45, 2.75) is 57.4 Å². The molecule has 0 spiro atoms. The molecular formula is C20H29N7O. The second-order valence-corrected chi connectivity index (χ2v) is 7.87. The van der Waals surface area contributed by atoms with E-state index in [0.29, 0.717) is 18.3 Å². The zero-order valence-corrected chi connectivity index (χ0v) is 16.3. The topological polar surface area (TPSA) is 97.6 Å². The average molecular weight is 384 g/mol. The van der Waals surface area contributed by atoms with Crippen LogP contribution in [0.1, 0.15) is 66.6 Å². The monoisotopic (exact) mass is 383 g/mol. The SMILES string of the molecule is O=C(NCCCc1ccnc(CCC2CCNCC2)n1)c1cn(C2CC2)nn1. The Balaban J connectivity index is 1.17. The van der Waals surface area contributed by atoms with Gasteiger partial charge in [0.1, 0.15) is 5.82 Å². The molecule has 2 aromatic heterocycles. The van der Waals surface area contributed by atoms with E-state index in [2.05, 4.69) is 25.9 Å². The van der Waals surface area contributed by atoms with E-state index in [9.17, 15) is 4.79 Å². The van der Waals surface area contributed by atoms with Crippen molar-refractivity contribution >= 4 is 5.91 Å². The smallest absolute Gasteiger partial charge is 0.273 e. The lowest BCUT2D eigenvalue weighted by Crippen LogP contribution is -2.28. The molecule has 1 amide bonds. The minimum absolute atomic E-state index is 0.155. The average Bonchev–Trinajstić information content (AvgIpc) is 3.47. The summed E-state index contributed by atoms with van der Waals surface area (Å²) in [6, 6.07) is 2.41. The molecule has 8 nitrogen and oxygen atoms in total. The molecule has 1 saturated heterocycles. The molecule has 2 N–H and O–H groups in total. The molecule has 2 fully saturated rings. The van der Waals surface area contributed by atoms with Gasteiger partial charge < -0.3 is 10.6 Å². The number of piperidine rings is 1. The van der Waals surface area contributed by atoms with Crippen molar-refractivity contribution in [3.8, 4) is 0 Å². The molecule has 2 aliphatic rings. The van der Waals surface area contributed by atoms with Gasteiger partial charge in [-0.1, -0.05) is 5.21 Å². The van der Waals surface area contributed by atoms with Crippen molar-refractivity contribution in [1.82, 2.24) is 35.6 Å². The molecule has 1 aliphatic heterocycles. The maximum atomic E-state index is 12.1. The molecule has 1 aliphatic carbocycles. The molecule has 0 atom stereocenters. The first-order valence-electron chi connectivity index (χ1n) is 10.5. The third-order valence-corrected chi connectivity index (χ3v) is 5.56. The normalized spacial score (nSPS) is 17.6. The maximum Gasteiger partial charge on any atom is 0.273 e. The van der Waals surface area contributed by atoms with Gasteiger partial charge in [-0.2, -0.15) is 0 Å². The molecule has 0 bridgehead atoms. The van der Waals surface area contributed by atoms with Gasteiger partial charge in [-0.05, 0) is 70.0 Å². The van der Waals surface area contributed by atoms with Crippen LogP contribution in [-0.4, -0.2) is 50.5 Å². The Morgan fingerprint density at radius 2 is 2.07 bits per heavy atom. The Labute approximate surface area is 165 Å². The van der Waals surface area contributed by atoms with Crippen molar-refractivity contribution in [2.75, 3.05) is 19.6 Å². The van der Waals surface area contributed by atoms with Crippen molar-refractivity contribution < 1.29 is 4.79 Å². The number of carbonyl (C=O) groups excluding carboxylic acids is 1. The van der Waals surface area contributed by atoms with Crippen LogP contribution in [0.4, 0.5) is 0 Å². The first-order chi connectivity index (χ1) is 13.8. The zero-order chi connectivity index (χ0) is 19.2. The van der Waals surface area contributed by atoms with E-state index in [1.54, 1.807) is 10.9 Å². The molecule has 150 valence electrons. The summed E-state index contributed by atoms with van der Waals surface area (Å²) in [5, 5.41) is 14.3. The second-order valence-electron chi connectivity index (χ2n) is 7.87. The summed E-state index contributed by atoms with van der Waals surface area (Å²) in [5.74, 6) is 1.58. The maximum absolute atomic E-state index is 12.1. The second kappa shape index (κ2) is 9.23. The zero-order valence-electron chi connectivity index (χ0n) is 16.3. The van der Waals surface area contributed by atoms with Crippen molar-refractivity contribution in [3.63, 3.8) is 0 Å². The highest BCUT2D eigenvalue weighted by molar-refractivity contribution is 5.91. The van der Waals surface area contributed by atoms with Crippen LogP contribution in [0.3, 0.4) is 0 Å². The van der Waals surface area contributed by atoms with E-state index in [1.807, 2.05) is 12.3 Å². The van der Waals surface area contributed by atoms with Crippen LogP contribution in [-0.2, 0) is 12.8 Å². The number of nitrogens with one attached hydrogen (secondary N) is 2. The fraction of sp³-hybridized carbons (Fsp3) is 0.650. The van der Waals surface area contributed by atoms with Gasteiger partial charge in [0.2, 0.25) is 0 Å². The third-order valence-electron chi connectivity index (χ3n) is 5.56. The number of nitrogens with zero attached hydrogens (tertiary/aromatic N) is 5. The predicted molar refractivity (Wildman–Crippen MR) is 105 cm³/mol. The summed E-state index contributed by atoms with van der Waals surface area (Å²) < 4.78 is 1.79. The highest BCUT2D eigenvalue weighted by Crippen LogP contribution is 2.33. The Morgan fingerprint density at radius 1 is 1.21 bits per heavy atom. The quantitative estimate of drug-likeness (QED) is 0.640. The summed E-state index contributed by atoms with van der Waals surface area (Å²) in [6.45, 7) is 2.87. The van der Waals surface area contributed by atoms with Gasteiger partial charge in [-0.15, -0.1) is 5.10 Å². The predicted octanol–water partition coefficient (Wildman–Crippen LogP) is 1.70. The van der Waals surface area contributed by atoms with Crippen LogP contribution in [0.2, 0.25) is 0 Å². The fourth-order valence-corrected chi connectivity index (χ4v) is 3.66. The molecule has 8 heteroatoms. The highest BCUT2D eigenvalue weighted by atomic mass is 16.2. The molecule has 4 rings (SSSR count). The third kappa shape index (κ3) is 5.34. The summed E-state index contributed by atoms with van der Waals surface area (Å²) in [5.41, 5.74) is 1.44. The van der Waals surface area contributed by atoms with E-state index < -0.39 is 0 Å². The van der Waals surface area contributed by atoms with Crippen molar-refractivity contribution in [3.05, 3.63) is 35.7 Å². The van der Waals surface area contributed by atoms with E-state index in [0.717, 1.165) is 62.6 Å².